The van der Waals surface area contributed by atoms with Crippen molar-refractivity contribution in [2.75, 3.05) is 19.5 Å². The lowest BCUT2D eigenvalue weighted by molar-refractivity contribution is 0.0977. The maximum atomic E-state index is 12.3. The highest BCUT2D eigenvalue weighted by Crippen LogP contribution is 2.35. The fraction of sp³-hybridized carbons (Fsp3) is 0.125. The molecule has 2 aromatic rings. The molecule has 0 aliphatic rings. The molecule has 2 aromatic carbocycles. The lowest BCUT2D eigenvalue weighted by Crippen LogP contribution is -2.34. The summed E-state index contributed by atoms with van der Waals surface area (Å²) >= 11 is 16.8. The number of thiocarbonyl (C=S) groups is 1. The number of phenolic OH excluding ortho intramolecular Hbond substituents is 1. The molecule has 132 valence electrons. The first-order chi connectivity index (χ1) is 11.8. The highest BCUT2D eigenvalue weighted by molar-refractivity contribution is 7.80. The molecular weight excluding hydrogens is 387 g/mol. The van der Waals surface area contributed by atoms with E-state index < -0.39 is 5.91 Å². The number of rotatable bonds is 4. The second-order valence-electron chi connectivity index (χ2n) is 4.79. The van der Waals surface area contributed by atoms with Crippen molar-refractivity contribution in [3.8, 4) is 17.2 Å². The van der Waals surface area contributed by atoms with E-state index in [4.69, 9.17) is 44.9 Å². The molecule has 0 atom stereocenters. The van der Waals surface area contributed by atoms with Crippen molar-refractivity contribution in [1.82, 2.24) is 5.32 Å². The van der Waals surface area contributed by atoms with E-state index in [0.717, 1.165) is 0 Å². The van der Waals surface area contributed by atoms with Crippen LogP contribution in [0.1, 0.15) is 10.4 Å². The van der Waals surface area contributed by atoms with Gasteiger partial charge in [-0.25, -0.2) is 0 Å². The van der Waals surface area contributed by atoms with Gasteiger partial charge in [0, 0.05) is 16.7 Å². The van der Waals surface area contributed by atoms with Crippen molar-refractivity contribution in [3.63, 3.8) is 0 Å². The maximum Gasteiger partial charge on any atom is 0.257 e. The number of hydrogen-bond acceptors (Lipinski definition) is 5. The van der Waals surface area contributed by atoms with Crippen molar-refractivity contribution >= 4 is 52.1 Å². The summed E-state index contributed by atoms with van der Waals surface area (Å²) in [5.74, 6) is 0.207. The van der Waals surface area contributed by atoms with Crippen LogP contribution in [0.2, 0.25) is 10.0 Å². The van der Waals surface area contributed by atoms with Crippen LogP contribution in [0.4, 0.5) is 5.69 Å². The lowest BCUT2D eigenvalue weighted by Gasteiger charge is -2.13. The number of aromatic hydroxyl groups is 1. The molecule has 0 saturated carbocycles. The molecule has 0 unspecified atom stereocenters. The van der Waals surface area contributed by atoms with Gasteiger partial charge in [0.2, 0.25) is 0 Å². The molecule has 0 heterocycles. The molecule has 0 aliphatic carbocycles. The third-order valence-electron chi connectivity index (χ3n) is 3.12. The second kappa shape index (κ2) is 8.24. The molecule has 0 aromatic heterocycles. The van der Waals surface area contributed by atoms with Crippen LogP contribution in [0.5, 0.6) is 17.2 Å². The van der Waals surface area contributed by atoms with Crippen LogP contribution in [0.15, 0.2) is 30.3 Å². The Morgan fingerprint density at radius 2 is 1.68 bits per heavy atom. The third-order valence-corrected chi connectivity index (χ3v) is 3.83. The van der Waals surface area contributed by atoms with E-state index in [9.17, 15) is 9.90 Å². The van der Waals surface area contributed by atoms with Gasteiger partial charge < -0.3 is 19.9 Å². The van der Waals surface area contributed by atoms with Gasteiger partial charge in [-0.3, -0.25) is 10.1 Å². The molecule has 0 aliphatic heterocycles. The monoisotopic (exact) mass is 400 g/mol. The number of amides is 1. The molecule has 25 heavy (non-hydrogen) atoms. The summed E-state index contributed by atoms with van der Waals surface area (Å²) in [6.07, 6.45) is 0. The Bertz CT molecular complexity index is 808. The average Bonchev–Trinajstić information content (AvgIpc) is 2.58. The normalized spacial score (nSPS) is 10.1. The number of carbonyl (C=O) groups excluding carboxylic acids is 1. The maximum absolute atomic E-state index is 12.3. The molecule has 6 nitrogen and oxygen atoms in total. The van der Waals surface area contributed by atoms with Crippen LogP contribution < -0.4 is 20.1 Å². The van der Waals surface area contributed by atoms with Crippen molar-refractivity contribution < 1.29 is 19.4 Å². The Hall–Kier alpha value is -2.22. The van der Waals surface area contributed by atoms with E-state index in [0.29, 0.717) is 16.5 Å². The molecule has 0 radical (unpaired) electrons. The quantitative estimate of drug-likeness (QED) is 0.534. The Kier molecular flexibility index (Phi) is 6.30. The summed E-state index contributed by atoms with van der Waals surface area (Å²) in [4.78, 5) is 12.3. The Balaban J connectivity index is 2.14. The number of nitrogens with one attached hydrogen (secondary N) is 2. The van der Waals surface area contributed by atoms with E-state index in [2.05, 4.69) is 10.6 Å². The number of phenols is 1. The van der Waals surface area contributed by atoms with Gasteiger partial charge in [0.05, 0.1) is 24.9 Å². The number of hydrogen-bond donors (Lipinski definition) is 3. The number of anilines is 1. The van der Waals surface area contributed by atoms with Crippen LogP contribution >= 0.6 is 35.4 Å². The fourth-order valence-electron chi connectivity index (χ4n) is 1.93. The molecule has 1 amide bonds. The van der Waals surface area contributed by atoms with Crippen molar-refractivity contribution in [2.24, 2.45) is 0 Å². The molecule has 9 heteroatoms. The zero-order valence-corrected chi connectivity index (χ0v) is 15.6. The third kappa shape index (κ3) is 4.88. The van der Waals surface area contributed by atoms with E-state index in [-0.39, 0.29) is 27.1 Å². The van der Waals surface area contributed by atoms with E-state index in [1.807, 2.05) is 0 Å². The van der Waals surface area contributed by atoms with Crippen molar-refractivity contribution in [1.29, 1.82) is 0 Å². The minimum absolute atomic E-state index is 0.0413. The van der Waals surface area contributed by atoms with Crippen LogP contribution in [0, 0.1) is 0 Å². The van der Waals surface area contributed by atoms with E-state index >= 15 is 0 Å². The Morgan fingerprint density at radius 1 is 1.08 bits per heavy atom. The first-order valence-electron chi connectivity index (χ1n) is 6.87. The number of halogens is 2. The minimum atomic E-state index is -0.484. The first kappa shape index (κ1) is 19.1. The zero-order valence-electron chi connectivity index (χ0n) is 13.2. The van der Waals surface area contributed by atoms with Gasteiger partial charge >= 0.3 is 0 Å². The zero-order chi connectivity index (χ0) is 18.6. The van der Waals surface area contributed by atoms with Crippen LogP contribution in [0.25, 0.3) is 0 Å². The smallest absolute Gasteiger partial charge is 0.257 e. The number of methoxy groups -OCH3 is 2. The Labute approximate surface area is 159 Å². The molecule has 3 N–H and O–H groups in total. The SMILES string of the molecule is COc1cc(OC)cc(C(=O)NC(=S)Nc2cc(Cl)cc(Cl)c2O)c1. The van der Waals surface area contributed by atoms with Crippen LogP contribution in [-0.2, 0) is 0 Å². The summed E-state index contributed by atoms with van der Waals surface area (Å²) in [6.45, 7) is 0. The second-order valence-corrected chi connectivity index (χ2v) is 6.05. The van der Waals surface area contributed by atoms with Crippen LogP contribution in [-0.4, -0.2) is 30.3 Å². The van der Waals surface area contributed by atoms with Gasteiger partial charge in [-0.2, -0.15) is 0 Å². The molecule has 0 spiro atoms. The van der Waals surface area contributed by atoms with Crippen molar-refractivity contribution in [3.05, 3.63) is 45.9 Å². The predicted molar refractivity (Wildman–Crippen MR) is 101 cm³/mol. The van der Waals surface area contributed by atoms with Gasteiger partial charge in [-0.1, -0.05) is 23.2 Å². The molecule has 0 bridgehead atoms. The number of benzene rings is 2. The molecule has 2 rings (SSSR count). The highest BCUT2D eigenvalue weighted by atomic mass is 35.5. The summed E-state index contributed by atoms with van der Waals surface area (Å²) in [5.41, 5.74) is 0.458. The number of carbonyl (C=O) groups is 1. The summed E-state index contributed by atoms with van der Waals surface area (Å²) in [6, 6.07) is 7.52. The summed E-state index contributed by atoms with van der Waals surface area (Å²) < 4.78 is 10.2. The summed E-state index contributed by atoms with van der Waals surface area (Å²) in [7, 11) is 2.96. The number of ether oxygens (including phenoxy) is 2. The van der Waals surface area contributed by atoms with Gasteiger partial charge in [-0.05, 0) is 36.5 Å². The average molecular weight is 401 g/mol. The lowest BCUT2D eigenvalue weighted by atomic mass is 10.2. The van der Waals surface area contributed by atoms with Gasteiger partial charge in [-0.15, -0.1) is 0 Å². The fourth-order valence-corrected chi connectivity index (χ4v) is 2.62. The van der Waals surface area contributed by atoms with Crippen LogP contribution in [0.3, 0.4) is 0 Å². The Morgan fingerprint density at radius 3 is 2.24 bits per heavy atom. The first-order valence-corrected chi connectivity index (χ1v) is 8.04. The van der Waals surface area contributed by atoms with Crippen molar-refractivity contribution in [2.45, 2.75) is 0 Å². The van der Waals surface area contributed by atoms with E-state index in [1.54, 1.807) is 6.07 Å². The minimum Gasteiger partial charge on any atom is -0.504 e. The molecule has 0 fully saturated rings. The largest absolute Gasteiger partial charge is 0.504 e. The molecular formula is C16H14Cl2N2O4S. The summed E-state index contributed by atoms with van der Waals surface area (Å²) in [5, 5.41) is 15.4. The van der Waals surface area contributed by atoms with Gasteiger partial charge in [0.1, 0.15) is 11.5 Å². The molecule has 0 saturated heterocycles. The topological polar surface area (TPSA) is 79.8 Å². The van der Waals surface area contributed by atoms with E-state index in [1.165, 1.54) is 38.5 Å². The van der Waals surface area contributed by atoms with Gasteiger partial charge in [0.25, 0.3) is 5.91 Å². The van der Waals surface area contributed by atoms with Gasteiger partial charge in [0.15, 0.2) is 10.9 Å². The highest BCUT2D eigenvalue weighted by Gasteiger charge is 2.14. The predicted octanol–water partition coefficient (Wildman–Crippen LogP) is 3.84. The standard InChI is InChI=1S/C16H14Cl2N2O4S/c1-23-10-3-8(4-11(7-10)24-2)15(22)20-16(25)19-13-6-9(17)5-12(18)14(13)21/h3-7,21H,1-2H3,(H2,19,20,22,25).